The summed E-state index contributed by atoms with van der Waals surface area (Å²) in [5.74, 6) is 0.899. The van der Waals surface area contributed by atoms with E-state index in [-0.39, 0.29) is 18.0 Å². The number of hydrogen-bond acceptors (Lipinski definition) is 3. The fourth-order valence-corrected chi connectivity index (χ4v) is 3.77. The summed E-state index contributed by atoms with van der Waals surface area (Å²) < 4.78 is 5.95. The van der Waals surface area contributed by atoms with Crippen LogP contribution in [0.5, 0.6) is 0 Å². The molecule has 1 fully saturated rings. The summed E-state index contributed by atoms with van der Waals surface area (Å²) in [4.78, 5) is 28.9. The maximum Gasteiger partial charge on any atom is 0.318 e. The number of nitrogens with one attached hydrogen (secondary N) is 1. The predicted molar refractivity (Wildman–Crippen MR) is 105 cm³/mol. The number of furan rings is 1. The van der Waals surface area contributed by atoms with Gasteiger partial charge in [-0.3, -0.25) is 4.79 Å². The minimum Gasteiger partial charge on any atom is -0.461 e. The van der Waals surface area contributed by atoms with Gasteiger partial charge in [-0.25, -0.2) is 4.79 Å². The molecule has 146 valence electrons. The zero-order chi connectivity index (χ0) is 19.6. The zero-order valence-electron chi connectivity index (χ0n) is 16.6. The Bertz CT molecular complexity index is 827. The molecule has 2 aromatic rings. The smallest absolute Gasteiger partial charge is 0.318 e. The molecule has 1 aliphatic rings. The zero-order valence-corrected chi connectivity index (χ0v) is 16.6. The summed E-state index contributed by atoms with van der Waals surface area (Å²) in [6.45, 7) is 7.01. The number of carbonyl (C=O) groups is 2. The third-order valence-corrected chi connectivity index (χ3v) is 5.09. The van der Waals surface area contributed by atoms with Crippen molar-refractivity contribution in [3.8, 4) is 0 Å². The number of para-hydroxylation sites is 1. The van der Waals surface area contributed by atoms with Crippen molar-refractivity contribution in [3.05, 3.63) is 35.6 Å². The number of likely N-dealkylation sites (N-methyl/N-ethyl adjacent to an activating group) is 1. The van der Waals surface area contributed by atoms with Gasteiger partial charge in [-0.05, 0) is 32.8 Å². The van der Waals surface area contributed by atoms with E-state index < -0.39 is 6.04 Å². The predicted octanol–water partition coefficient (Wildman–Crippen LogP) is 3.54. The molecule has 0 aliphatic carbocycles. The van der Waals surface area contributed by atoms with E-state index in [0.29, 0.717) is 19.5 Å². The molecule has 27 heavy (non-hydrogen) atoms. The van der Waals surface area contributed by atoms with Gasteiger partial charge in [0.25, 0.3) is 0 Å². The average Bonchev–Trinajstić information content (AvgIpc) is 3.25. The molecule has 1 aromatic heterocycles. The molecule has 3 amide bonds. The molecule has 2 heterocycles. The van der Waals surface area contributed by atoms with Crippen molar-refractivity contribution in [2.45, 2.75) is 58.7 Å². The molecule has 1 saturated heterocycles. The maximum atomic E-state index is 13.1. The number of hydrogen-bond donors (Lipinski definition) is 1. The largest absolute Gasteiger partial charge is 0.461 e. The Labute approximate surface area is 160 Å². The number of rotatable bonds is 5. The van der Waals surface area contributed by atoms with Crippen LogP contribution in [-0.2, 0) is 17.8 Å². The topological polar surface area (TPSA) is 65.8 Å². The third kappa shape index (κ3) is 3.94. The van der Waals surface area contributed by atoms with Crippen LogP contribution in [-0.4, -0.2) is 47.4 Å². The molecule has 0 spiro atoms. The van der Waals surface area contributed by atoms with E-state index in [0.717, 1.165) is 35.1 Å². The first-order valence-electron chi connectivity index (χ1n) is 9.73. The number of carbonyl (C=O) groups excluding carboxylic acids is 2. The van der Waals surface area contributed by atoms with Crippen LogP contribution >= 0.6 is 0 Å². The normalized spacial score (nSPS) is 16.9. The number of amides is 3. The third-order valence-electron chi connectivity index (χ3n) is 5.09. The summed E-state index contributed by atoms with van der Waals surface area (Å²) in [6, 6.07) is 7.43. The second-order valence-electron chi connectivity index (χ2n) is 7.50. The fourth-order valence-electron chi connectivity index (χ4n) is 3.77. The number of likely N-dealkylation sites (tertiary alicyclic amines) is 1. The van der Waals surface area contributed by atoms with Gasteiger partial charge < -0.3 is 19.5 Å². The molecule has 0 unspecified atom stereocenters. The van der Waals surface area contributed by atoms with E-state index in [1.165, 1.54) is 0 Å². The molecule has 0 radical (unpaired) electrons. The van der Waals surface area contributed by atoms with Gasteiger partial charge in [0, 0.05) is 43.5 Å². The highest BCUT2D eigenvalue weighted by atomic mass is 16.3. The van der Waals surface area contributed by atoms with Gasteiger partial charge >= 0.3 is 6.03 Å². The highest BCUT2D eigenvalue weighted by molar-refractivity contribution is 5.88. The Morgan fingerprint density at radius 1 is 1.33 bits per heavy atom. The lowest BCUT2D eigenvalue weighted by molar-refractivity contribution is -0.134. The lowest BCUT2D eigenvalue weighted by atomic mass is 10.1. The molecule has 1 atom stereocenters. The number of benzene rings is 1. The Kier molecular flexibility index (Phi) is 5.73. The van der Waals surface area contributed by atoms with Gasteiger partial charge in [-0.2, -0.15) is 0 Å². The van der Waals surface area contributed by atoms with Gasteiger partial charge in [-0.15, -0.1) is 0 Å². The van der Waals surface area contributed by atoms with Crippen LogP contribution in [0.25, 0.3) is 11.0 Å². The summed E-state index contributed by atoms with van der Waals surface area (Å²) in [5, 5.41) is 3.95. The van der Waals surface area contributed by atoms with Crippen LogP contribution < -0.4 is 5.32 Å². The van der Waals surface area contributed by atoms with E-state index in [2.05, 4.69) is 12.2 Å². The number of urea groups is 1. The Morgan fingerprint density at radius 3 is 2.78 bits per heavy atom. The highest BCUT2D eigenvalue weighted by Gasteiger charge is 2.36. The summed E-state index contributed by atoms with van der Waals surface area (Å²) in [5.41, 5.74) is 1.91. The van der Waals surface area contributed by atoms with Crippen LogP contribution in [0.3, 0.4) is 0 Å². The SMILES string of the molecule is CCc1oc2ccccc2c1CN(C)C(=O)[C@@H]1CCCN1C(=O)NC(C)C. The summed E-state index contributed by atoms with van der Waals surface area (Å²) >= 11 is 0. The van der Waals surface area contributed by atoms with Crippen molar-refractivity contribution in [2.24, 2.45) is 0 Å². The molecule has 0 saturated carbocycles. The Balaban J connectivity index is 1.77. The molecule has 3 rings (SSSR count). The first kappa shape index (κ1) is 19.3. The van der Waals surface area contributed by atoms with E-state index in [4.69, 9.17) is 4.42 Å². The minimum atomic E-state index is -0.392. The van der Waals surface area contributed by atoms with E-state index >= 15 is 0 Å². The summed E-state index contributed by atoms with van der Waals surface area (Å²) in [7, 11) is 1.81. The Hall–Kier alpha value is -2.50. The van der Waals surface area contributed by atoms with Crippen molar-refractivity contribution >= 4 is 22.9 Å². The highest BCUT2D eigenvalue weighted by Crippen LogP contribution is 2.28. The lowest BCUT2D eigenvalue weighted by Gasteiger charge is -2.29. The molecule has 6 heteroatoms. The molecule has 0 bridgehead atoms. The molecule has 6 nitrogen and oxygen atoms in total. The molecule has 1 aromatic carbocycles. The van der Waals surface area contributed by atoms with Crippen molar-refractivity contribution in [2.75, 3.05) is 13.6 Å². The minimum absolute atomic E-state index is 0.0151. The monoisotopic (exact) mass is 371 g/mol. The number of aryl methyl sites for hydroxylation is 1. The second kappa shape index (κ2) is 8.03. The van der Waals surface area contributed by atoms with Crippen LogP contribution in [0.4, 0.5) is 4.79 Å². The Morgan fingerprint density at radius 2 is 2.07 bits per heavy atom. The van der Waals surface area contributed by atoms with Crippen molar-refractivity contribution in [1.82, 2.24) is 15.1 Å². The summed E-state index contributed by atoms with van der Waals surface area (Å²) in [6.07, 6.45) is 2.34. The van der Waals surface area contributed by atoms with Crippen LogP contribution in [0.15, 0.2) is 28.7 Å². The van der Waals surface area contributed by atoms with Crippen molar-refractivity contribution in [3.63, 3.8) is 0 Å². The molecule has 1 N–H and O–H groups in total. The number of fused-ring (bicyclic) bond motifs is 1. The molecular weight excluding hydrogens is 342 g/mol. The maximum absolute atomic E-state index is 13.1. The fraction of sp³-hybridized carbons (Fsp3) is 0.524. The van der Waals surface area contributed by atoms with E-state index in [9.17, 15) is 9.59 Å². The molecule has 1 aliphatic heterocycles. The van der Waals surface area contributed by atoms with Gasteiger partial charge in [0.15, 0.2) is 0 Å². The average molecular weight is 371 g/mol. The lowest BCUT2D eigenvalue weighted by Crippen LogP contribution is -2.51. The van der Waals surface area contributed by atoms with E-state index in [1.54, 1.807) is 16.8 Å². The van der Waals surface area contributed by atoms with Crippen LogP contribution in [0.1, 0.15) is 44.9 Å². The number of nitrogens with zero attached hydrogens (tertiary/aromatic N) is 2. The van der Waals surface area contributed by atoms with Gasteiger partial charge in [0.05, 0.1) is 0 Å². The van der Waals surface area contributed by atoms with Crippen molar-refractivity contribution in [1.29, 1.82) is 0 Å². The first-order valence-corrected chi connectivity index (χ1v) is 9.73. The molecular formula is C21H29N3O3. The van der Waals surface area contributed by atoms with Gasteiger partial charge in [0.2, 0.25) is 5.91 Å². The standard InChI is InChI=1S/C21H29N3O3/c1-5-18-16(15-9-6-7-11-19(15)27-18)13-23(4)20(25)17-10-8-12-24(17)21(26)22-14(2)3/h6-7,9,11,14,17H,5,8,10,12-13H2,1-4H3,(H,22,26)/t17-/m0/s1. The van der Waals surface area contributed by atoms with Gasteiger partial charge in [-0.1, -0.05) is 25.1 Å². The van der Waals surface area contributed by atoms with Crippen LogP contribution in [0.2, 0.25) is 0 Å². The quantitative estimate of drug-likeness (QED) is 0.874. The first-order chi connectivity index (χ1) is 12.9. The van der Waals surface area contributed by atoms with E-state index in [1.807, 2.05) is 38.1 Å². The second-order valence-corrected chi connectivity index (χ2v) is 7.50. The van der Waals surface area contributed by atoms with Crippen molar-refractivity contribution < 1.29 is 14.0 Å². The van der Waals surface area contributed by atoms with Crippen LogP contribution in [0, 0.1) is 0 Å². The van der Waals surface area contributed by atoms with Gasteiger partial charge in [0.1, 0.15) is 17.4 Å².